The lowest BCUT2D eigenvalue weighted by Gasteiger charge is -2.15. The highest BCUT2D eigenvalue weighted by Crippen LogP contribution is 2.24. The summed E-state index contributed by atoms with van der Waals surface area (Å²) >= 11 is 3.40. The lowest BCUT2D eigenvalue weighted by atomic mass is 10.2. The summed E-state index contributed by atoms with van der Waals surface area (Å²) in [6, 6.07) is 5.55. The number of thioether (sulfide) groups is 1. The molecule has 0 unspecified atom stereocenters. The van der Waals surface area contributed by atoms with Gasteiger partial charge in [-0.15, -0.1) is 0 Å². The minimum atomic E-state index is -0.450. The molecule has 7 heteroatoms. The number of aromatic nitrogens is 2. The Bertz CT molecular complexity index is 848. The fraction of sp³-hybridized carbons (Fsp3) is 0.353. The minimum absolute atomic E-state index is 0.125. The molecule has 2 rings (SSSR count). The van der Waals surface area contributed by atoms with E-state index in [1.165, 1.54) is 11.8 Å². The number of fused-ring (bicyclic) bond motifs is 1. The van der Waals surface area contributed by atoms with Crippen LogP contribution in [0.15, 0.2) is 40.3 Å². The van der Waals surface area contributed by atoms with Crippen molar-refractivity contribution in [2.45, 2.75) is 37.7 Å². The highest BCUT2D eigenvalue weighted by atomic mass is 127. The first-order valence-electron chi connectivity index (χ1n) is 7.51. The van der Waals surface area contributed by atoms with E-state index in [9.17, 15) is 9.59 Å². The molecule has 128 valence electrons. The third kappa shape index (κ3) is 4.38. The van der Waals surface area contributed by atoms with E-state index in [0.717, 1.165) is 9.14 Å². The van der Waals surface area contributed by atoms with Gasteiger partial charge in [0.15, 0.2) is 5.16 Å². The maximum Gasteiger partial charge on any atom is 0.319 e. The van der Waals surface area contributed by atoms with Gasteiger partial charge >= 0.3 is 5.97 Å². The Labute approximate surface area is 158 Å². The molecule has 24 heavy (non-hydrogen) atoms. The van der Waals surface area contributed by atoms with Gasteiger partial charge in [-0.1, -0.05) is 23.9 Å². The van der Waals surface area contributed by atoms with Crippen molar-refractivity contribution in [1.82, 2.24) is 9.55 Å². The van der Waals surface area contributed by atoms with Crippen molar-refractivity contribution >= 4 is 51.2 Å². The van der Waals surface area contributed by atoms with Crippen molar-refractivity contribution in [1.29, 1.82) is 0 Å². The molecule has 0 aliphatic heterocycles. The summed E-state index contributed by atoms with van der Waals surface area (Å²) in [4.78, 5) is 29.3. The molecule has 0 radical (unpaired) electrons. The zero-order valence-electron chi connectivity index (χ0n) is 13.8. The van der Waals surface area contributed by atoms with Gasteiger partial charge in [0.2, 0.25) is 0 Å². The van der Waals surface area contributed by atoms with Gasteiger partial charge in [0.1, 0.15) is 5.25 Å². The number of hydrogen-bond acceptors (Lipinski definition) is 5. The van der Waals surface area contributed by atoms with Crippen LogP contribution in [0.25, 0.3) is 10.9 Å². The number of rotatable bonds is 6. The maximum atomic E-state index is 12.9. The molecule has 2 aromatic rings. The monoisotopic (exact) mass is 458 g/mol. The first kappa shape index (κ1) is 19.0. The van der Waals surface area contributed by atoms with Crippen LogP contribution < -0.4 is 5.56 Å². The lowest BCUT2D eigenvalue weighted by molar-refractivity contribution is -0.142. The van der Waals surface area contributed by atoms with Crippen LogP contribution >= 0.6 is 34.4 Å². The van der Waals surface area contributed by atoms with Crippen LogP contribution in [0.3, 0.4) is 0 Å². The van der Waals surface area contributed by atoms with Crippen molar-refractivity contribution in [2.75, 3.05) is 6.61 Å². The molecule has 1 aromatic heterocycles. The second kappa shape index (κ2) is 8.15. The number of nitrogens with zero attached hydrogens (tertiary/aromatic N) is 2. The van der Waals surface area contributed by atoms with E-state index >= 15 is 0 Å². The van der Waals surface area contributed by atoms with Crippen molar-refractivity contribution in [3.63, 3.8) is 0 Å². The Morgan fingerprint density at radius 3 is 2.83 bits per heavy atom. The minimum Gasteiger partial charge on any atom is -0.465 e. The molecule has 1 atom stereocenters. The average Bonchev–Trinajstić information content (AvgIpc) is 2.51. The quantitative estimate of drug-likeness (QED) is 0.218. The molecular weight excluding hydrogens is 439 g/mol. The van der Waals surface area contributed by atoms with Crippen molar-refractivity contribution < 1.29 is 9.53 Å². The normalized spacial score (nSPS) is 12.2. The zero-order valence-corrected chi connectivity index (χ0v) is 16.8. The van der Waals surface area contributed by atoms with E-state index in [2.05, 4.69) is 34.2 Å². The molecular formula is C17H19IN2O3S. The number of benzene rings is 1. The van der Waals surface area contributed by atoms with E-state index in [4.69, 9.17) is 4.74 Å². The molecule has 5 nitrogen and oxygen atoms in total. The average molecular weight is 458 g/mol. The van der Waals surface area contributed by atoms with Crippen LogP contribution in [0.2, 0.25) is 0 Å². The summed E-state index contributed by atoms with van der Waals surface area (Å²) in [6.07, 6.45) is 0. The smallest absolute Gasteiger partial charge is 0.319 e. The fourth-order valence-electron chi connectivity index (χ4n) is 2.14. The fourth-order valence-corrected chi connectivity index (χ4v) is 3.54. The molecule has 0 aliphatic carbocycles. The number of allylic oxidation sites excluding steroid dienone is 1. The molecule has 0 aliphatic rings. The molecule has 0 N–H and O–H groups in total. The third-order valence-corrected chi connectivity index (χ3v) is 4.95. The van der Waals surface area contributed by atoms with Crippen molar-refractivity contribution in [2.24, 2.45) is 0 Å². The second-order valence-corrected chi connectivity index (χ2v) is 7.97. The van der Waals surface area contributed by atoms with Gasteiger partial charge in [-0.05, 0) is 61.6 Å². The van der Waals surface area contributed by atoms with Crippen LogP contribution in [-0.2, 0) is 16.1 Å². The Kier molecular flexibility index (Phi) is 6.45. The SMILES string of the molecule is C=C(C)Cn1c(S[C@@H](C)C(=O)OCC)nc2ccc(I)cc2c1=O. The number of halogens is 1. The predicted molar refractivity (Wildman–Crippen MR) is 105 cm³/mol. The summed E-state index contributed by atoms with van der Waals surface area (Å²) in [6.45, 7) is 9.95. The summed E-state index contributed by atoms with van der Waals surface area (Å²) in [5.74, 6) is -0.318. The summed E-state index contributed by atoms with van der Waals surface area (Å²) in [5.41, 5.74) is 1.34. The summed E-state index contributed by atoms with van der Waals surface area (Å²) < 4.78 is 7.58. The largest absolute Gasteiger partial charge is 0.465 e. The molecule has 0 saturated carbocycles. The van der Waals surface area contributed by atoms with Crippen molar-refractivity contribution in [3.8, 4) is 0 Å². The first-order valence-corrected chi connectivity index (χ1v) is 9.47. The highest BCUT2D eigenvalue weighted by Gasteiger charge is 2.20. The Morgan fingerprint density at radius 1 is 1.50 bits per heavy atom. The van der Waals surface area contributed by atoms with Gasteiger partial charge < -0.3 is 4.74 Å². The molecule has 0 saturated heterocycles. The highest BCUT2D eigenvalue weighted by molar-refractivity contribution is 14.1. The Morgan fingerprint density at radius 2 is 2.21 bits per heavy atom. The summed E-state index contributed by atoms with van der Waals surface area (Å²) in [5, 5.41) is 0.614. The van der Waals surface area contributed by atoms with Crippen LogP contribution in [-0.4, -0.2) is 27.4 Å². The topological polar surface area (TPSA) is 61.2 Å². The van der Waals surface area contributed by atoms with Gasteiger partial charge in [0, 0.05) is 10.1 Å². The van der Waals surface area contributed by atoms with Gasteiger partial charge in [-0.3, -0.25) is 14.2 Å². The Hall–Kier alpha value is -1.35. The molecule has 0 fully saturated rings. The molecule has 0 amide bonds. The van der Waals surface area contributed by atoms with Gasteiger partial charge in [0.05, 0.1) is 17.5 Å². The van der Waals surface area contributed by atoms with Gasteiger partial charge in [0.25, 0.3) is 5.56 Å². The number of esters is 1. The van der Waals surface area contributed by atoms with Crippen LogP contribution in [0.5, 0.6) is 0 Å². The number of hydrogen-bond donors (Lipinski definition) is 0. The summed E-state index contributed by atoms with van der Waals surface area (Å²) in [7, 11) is 0. The second-order valence-electron chi connectivity index (χ2n) is 5.42. The van der Waals surface area contributed by atoms with E-state index < -0.39 is 5.25 Å². The van der Waals surface area contributed by atoms with E-state index in [1.807, 2.05) is 25.1 Å². The zero-order chi connectivity index (χ0) is 17.9. The molecule has 1 heterocycles. The van der Waals surface area contributed by atoms with E-state index in [1.54, 1.807) is 18.4 Å². The molecule has 0 spiro atoms. The number of carbonyl (C=O) groups excluding carboxylic acids is 1. The lowest BCUT2D eigenvalue weighted by Crippen LogP contribution is -2.26. The van der Waals surface area contributed by atoms with Crippen LogP contribution in [0.1, 0.15) is 20.8 Å². The molecule has 1 aromatic carbocycles. The van der Waals surface area contributed by atoms with E-state index in [-0.39, 0.29) is 11.5 Å². The number of ether oxygens (including phenoxy) is 1. The van der Waals surface area contributed by atoms with Crippen molar-refractivity contribution in [3.05, 3.63) is 44.3 Å². The first-order chi connectivity index (χ1) is 11.3. The molecule has 0 bridgehead atoms. The Balaban J connectivity index is 2.54. The standard InChI is InChI=1S/C17H19IN2O3S/c1-5-23-16(22)11(4)24-17-19-14-7-6-12(18)8-13(14)15(21)20(17)9-10(2)3/h6-8,11H,2,5,9H2,1,3-4H3/t11-/m0/s1. The third-order valence-electron chi connectivity index (χ3n) is 3.21. The maximum absolute atomic E-state index is 12.9. The van der Waals surface area contributed by atoms with Crippen LogP contribution in [0.4, 0.5) is 0 Å². The van der Waals surface area contributed by atoms with Gasteiger partial charge in [-0.25, -0.2) is 4.98 Å². The predicted octanol–water partition coefficient (Wildman–Crippen LogP) is 3.62. The van der Waals surface area contributed by atoms with Crippen LogP contribution in [0, 0.1) is 3.57 Å². The van der Waals surface area contributed by atoms with E-state index in [0.29, 0.717) is 29.2 Å². The number of carbonyl (C=O) groups is 1. The van der Waals surface area contributed by atoms with Gasteiger partial charge in [-0.2, -0.15) is 0 Å².